The summed E-state index contributed by atoms with van der Waals surface area (Å²) in [6.07, 6.45) is 1.76. The van der Waals surface area contributed by atoms with Gasteiger partial charge in [0.15, 0.2) is 0 Å². The minimum atomic E-state index is -0.316. The molecule has 0 unspecified atom stereocenters. The first kappa shape index (κ1) is 7.98. The van der Waals surface area contributed by atoms with Gasteiger partial charge in [0.05, 0.1) is 12.7 Å². The fourth-order valence-electron chi connectivity index (χ4n) is 0.906. The van der Waals surface area contributed by atoms with Crippen molar-refractivity contribution in [2.24, 2.45) is 0 Å². The molecule has 60 valence electrons. The molecule has 3 N–H and O–H groups in total. The van der Waals surface area contributed by atoms with E-state index in [4.69, 9.17) is 10.2 Å². The Bertz CT molecular complexity index is 110. The Hall–Kier alpha value is -0.120. The number of hydrogen-bond donors (Lipinski definition) is 3. The van der Waals surface area contributed by atoms with Gasteiger partial charge in [-0.15, -0.1) is 0 Å². The zero-order valence-corrected chi connectivity index (χ0v) is 6.30. The molecule has 1 rings (SSSR count). The Kier molecular flexibility index (Phi) is 2.28. The zero-order chi connectivity index (χ0) is 7.61. The van der Waals surface area contributed by atoms with Gasteiger partial charge in [-0.1, -0.05) is 0 Å². The van der Waals surface area contributed by atoms with Crippen molar-refractivity contribution >= 4 is 0 Å². The average Bonchev–Trinajstić information content (AvgIpc) is 2.64. The van der Waals surface area contributed by atoms with Gasteiger partial charge in [0.25, 0.3) is 0 Å². The minimum absolute atomic E-state index is 0.0308. The molecule has 1 aliphatic carbocycles. The van der Waals surface area contributed by atoms with Crippen LogP contribution >= 0.6 is 0 Å². The van der Waals surface area contributed by atoms with Crippen molar-refractivity contribution in [3.05, 3.63) is 0 Å². The molecule has 0 aromatic heterocycles. The highest BCUT2D eigenvalue weighted by atomic mass is 16.3. The number of aliphatic hydroxyl groups is 2. The van der Waals surface area contributed by atoms with Crippen LogP contribution < -0.4 is 5.32 Å². The van der Waals surface area contributed by atoms with Gasteiger partial charge >= 0.3 is 0 Å². The number of rotatable bonds is 4. The van der Waals surface area contributed by atoms with Crippen molar-refractivity contribution in [2.75, 3.05) is 13.2 Å². The summed E-state index contributed by atoms with van der Waals surface area (Å²) in [7, 11) is 0. The standard InChI is InChI=1S/C7H15NO2/c1-6(10)4-8-7(5-9)2-3-7/h6,8-10H,2-5H2,1H3/t6-/m1/s1. The average molecular weight is 145 g/mol. The lowest BCUT2D eigenvalue weighted by atomic mass is 10.3. The summed E-state index contributed by atoms with van der Waals surface area (Å²) in [4.78, 5) is 0. The molecular weight excluding hydrogens is 130 g/mol. The van der Waals surface area contributed by atoms with Crippen LogP contribution in [-0.2, 0) is 0 Å². The Labute approximate surface area is 61.1 Å². The third-order valence-electron chi connectivity index (χ3n) is 1.93. The molecule has 0 radical (unpaired) electrons. The molecule has 1 atom stereocenters. The highest BCUT2D eigenvalue weighted by Crippen LogP contribution is 2.34. The van der Waals surface area contributed by atoms with Crippen molar-refractivity contribution in [1.29, 1.82) is 0 Å². The van der Waals surface area contributed by atoms with E-state index in [9.17, 15) is 0 Å². The first-order valence-electron chi connectivity index (χ1n) is 3.72. The summed E-state index contributed by atoms with van der Waals surface area (Å²) < 4.78 is 0. The van der Waals surface area contributed by atoms with Crippen LogP contribution in [0.3, 0.4) is 0 Å². The van der Waals surface area contributed by atoms with Crippen molar-refractivity contribution in [3.8, 4) is 0 Å². The van der Waals surface area contributed by atoms with Gasteiger partial charge in [0, 0.05) is 12.1 Å². The van der Waals surface area contributed by atoms with E-state index in [-0.39, 0.29) is 18.2 Å². The second kappa shape index (κ2) is 2.86. The zero-order valence-electron chi connectivity index (χ0n) is 6.30. The Balaban J connectivity index is 2.13. The smallest absolute Gasteiger partial charge is 0.0636 e. The molecule has 1 aliphatic rings. The maximum Gasteiger partial charge on any atom is 0.0636 e. The monoisotopic (exact) mass is 145 g/mol. The second-order valence-electron chi connectivity index (χ2n) is 3.17. The summed E-state index contributed by atoms with van der Waals surface area (Å²) in [6.45, 7) is 2.51. The molecular formula is C7H15NO2. The molecule has 1 saturated carbocycles. The van der Waals surface area contributed by atoms with Crippen LogP contribution in [0.25, 0.3) is 0 Å². The largest absolute Gasteiger partial charge is 0.394 e. The first-order valence-corrected chi connectivity index (χ1v) is 3.72. The quantitative estimate of drug-likeness (QED) is 0.499. The molecule has 0 bridgehead atoms. The first-order chi connectivity index (χ1) is 4.68. The predicted octanol–water partition coefficient (Wildman–Crippen LogP) is -0.518. The second-order valence-corrected chi connectivity index (χ2v) is 3.17. The molecule has 10 heavy (non-hydrogen) atoms. The molecule has 0 spiro atoms. The fraction of sp³-hybridized carbons (Fsp3) is 1.00. The predicted molar refractivity (Wildman–Crippen MR) is 38.7 cm³/mol. The summed E-state index contributed by atoms with van der Waals surface area (Å²) >= 11 is 0. The molecule has 3 nitrogen and oxygen atoms in total. The van der Waals surface area contributed by atoms with Gasteiger partial charge in [-0.05, 0) is 19.8 Å². The van der Waals surface area contributed by atoms with Gasteiger partial charge in [0.2, 0.25) is 0 Å². The molecule has 0 aromatic carbocycles. The van der Waals surface area contributed by atoms with Gasteiger partial charge in [-0.2, -0.15) is 0 Å². The highest BCUT2D eigenvalue weighted by Gasteiger charge is 2.41. The van der Waals surface area contributed by atoms with Crippen LogP contribution in [0.2, 0.25) is 0 Å². The number of hydrogen-bond acceptors (Lipinski definition) is 3. The Morgan fingerprint density at radius 1 is 1.60 bits per heavy atom. The van der Waals surface area contributed by atoms with Crippen LogP contribution in [0, 0.1) is 0 Å². The molecule has 0 amide bonds. The van der Waals surface area contributed by atoms with Crippen molar-refractivity contribution in [3.63, 3.8) is 0 Å². The van der Waals surface area contributed by atoms with Gasteiger partial charge < -0.3 is 15.5 Å². The lowest BCUT2D eigenvalue weighted by Crippen LogP contribution is -2.39. The van der Waals surface area contributed by atoms with E-state index in [1.54, 1.807) is 6.92 Å². The van der Waals surface area contributed by atoms with Crippen LogP contribution in [0.15, 0.2) is 0 Å². The summed E-state index contributed by atoms with van der Waals surface area (Å²) in [6, 6.07) is 0. The van der Waals surface area contributed by atoms with E-state index >= 15 is 0 Å². The number of nitrogens with one attached hydrogen (secondary N) is 1. The van der Waals surface area contributed by atoms with E-state index in [2.05, 4.69) is 5.32 Å². The van der Waals surface area contributed by atoms with Crippen molar-refractivity contribution in [2.45, 2.75) is 31.4 Å². The van der Waals surface area contributed by atoms with Crippen molar-refractivity contribution in [1.82, 2.24) is 5.32 Å². The maximum atomic E-state index is 8.89. The molecule has 3 heteroatoms. The third-order valence-corrected chi connectivity index (χ3v) is 1.93. The minimum Gasteiger partial charge on any atom is -0.394 e. The number of aliphatic hydroxyl groups excluding tert-OH is 2. The van der Waals surface area contributed by atoms with E-state index in [0.29, 0.717) is 6.54 Å². The van der Waals surface area contributed by atoms with Crippen molar-refractivity contribution < 1.29 is 10.2 Å². The molecule has 0 saturated heterocycles. The van der Waals surface area contributed by atoms with Crippen LogP contribution in [0.1, 0.15) is 19.8 Å². The molecule has 0 heterocycles. The fourth-order valence-corrected chi connectivity index (χ4v) is 0.906. The van der Waals surface area contributed by atoms with Gasteiger partial charge in [0.1, 0.15) is 0 Å². The SMILES string of the molecule is C[C@@H](O)CNC1(CO)CC1. The van der Waals surface area contributed by atoms with E-state index < -0.39 is 0 Å². The third kappa shape index (κ3) is 1.94. The lowest BCUT2D eigenvalue weighted by Gasteiger charge is -2.14. The number of β-amino-alcohol motifs (C(OH)–C–C–N with tert-alkyl or cyclic N) is 1. The lowest BCUT2D eigenvalue weighted by molar-refractivity contribution is 0.167. The Morgan fingerprint density at radius 2 is 2.20 bits per heavy atom. The topological polar surface area (TPSA) is 52.5 Å². The maximum absolute atomic E-state index is 8.89. The van der Waals surface area contributed by atoms with Crippen LogP contribution in [0.5, 0.6) is 0 Å². The van der Waals surface area contributed by atoms with Gasteiger partial charge in [-0.3, -0.25) is 0 Å². The highest BCUT2D eigenvalue weighted by molar-refractivity contribution is 5.01. The van der Waals surface area contributed by atoms with Crippen LogP contribution in [0.4, 0.5) is 0 Å². The van der Waals surface area contributed by atoms with E-state index in [1.807, 2.05) is 0 Å². The molecule has 0 aromatic rings. The molecule has 1 fully saturated rings. The van der Waals surface area contributed by atoms with Crippen LogP contribution in [-0.4, -0.2) is 35.0 Å². The normalized spacial score (nSPS) is 24.3. The van der Waals surface area contributed by atoms with E-state index in [1.165, 1.54) is 0 Å². The van der Waals surface area contributed by atoms with E-state index in [0.717, 1.165) is 12.8 Å². The summed E-state index contributed by atoms with van der Waals surface area (Å²) in [5.41, 5.74) is -0.0308. The van der Waals surface area contributed by atoms with Gasteiger partial charge in [-0.25, -0.2) is 0 Å². The summed E-state index contributed by atoms with van der Waals surface area (Å²) in [5, 5.41) is 20.8. The molecule has 0 aliphatic heterocycles. The summed E-state index contributed by atoms with van der Waals surface area (Å²) in [5.74, 6) is 0. The Morgan fingerprint density at radius 3 is 2.50 bits per heavy atom.